The first kappa shape index (κ1) is 12.7. The minimum Gasteiger partial charge on any atom is -0.496 e. The molecular weight excluding hydrogens is 232 g/mol. The first-order chi connectivity index (χ1) is 7.27. The van der Waals surface area contributed by atoms with Crippen molar-refractivity contribution in [3.05, 3.63) is 28.8 Å². The topological polar surface area (TPSA) is 29.5 Å². The molecule has 0 aliphatic heterocycles. The Morgan fingerprint density at radius 3 is 2.93 bits per heavy atom. The lowest BCUT2D eigenvalue weighted by molar-refractivity contribution is 0.296. The average molecular weight is 247 g/mol. The minimum absolute atomic E-state index is 0.250. The van der Waals surface area contributed by atoms with Crippen LogP contribution in [0.25, 0.3) is 0 Å². The summed E-state index contributed by atoms with van der Waals surface area (Å²) in [6.07, 6.45) is 0.827. The van der Waals surface area contributed by atoms with Gasteiger partial charge in [-0.3, -0.25) is 0 Å². The second-order valence-electron chi connectivity index (χ2n) is 3.09. The van der Waals surface area contributed by atoms with Gasteiger partial charge in [-0.25, -0.2) is 0 Å². The van der Waals surface area contributed by atoms with Gasteiger partial charge in [-0.05, 0) is 30.4 Å². The fourth-order valence-corrected chi connectivity index (χ4v) is 2.33. The molecule has 0 fully saturated rings. The van der Waals surface area contributed by atoms with Gasteiger partial charge in [-0.2, -0.15) is 11.8 Å². The van der Waals surface area contributed by atoms with Gasteiger partial charge >= 0.3 is 0 Å². The van der Waals surface area contributed by atoms with E-state index in [9.17, 15) is 0 Å². The van der Waals surface area contributed by atoms with Crippen LogP contribution in [-0.2, 0) is 5.75 Å². The highest BCUT2D eigenvalue weighted by Gasteiger charge is 2.03. The summed E-state index contributed by atoms with van der Waals surface area (Å²) in [6.45, 7) is 0.250. The van der Waals surface area contributed by atoms with Crippen molar-refractivity contribution in [3.63, 3.8) is 0 Å². The number of ether oxygens (including phenoxy) is 1. The van der Waals surface area contributed by atoms with Crippen LogP contribution in [-0.4, -0.2) is 24.6 Å². The number of methoxy groups -OCH3 is 1. The third kappa shape index (κ3) is 4.33. The summed E-state index contributed by atoms with van der Waals surface area (Å²) in [5.41, 5.74) is 1.10. The van der Waals surface area contributed by atoms with Crippen molar-refractivity contribution in [3.8, 4) is 5.75 Å². The van der Waals surface area contributed by atoms with Crippen LogP contribution in [0, 0.1) is 0 Å². The quantitative estimate of drug-likeness (QED) is 0.783. The standard InChI is InChI=1S/C11H15ClO2S/c1-14-11-4-3-10(12)7-9(11)8-15-6-2-5-13/h3-4,7,13H,2,5-6,8H2,1H3. The maximum Gasteiger partial charge on any atom is 0.122 e. The van der Waals surface area contributed by atoms with Gasteiger partial charge in [-0.15, -0.1) is 0 Å². The number of rotatable bonds is 6. The molecule has 0 aliphatic carbocycles. The summed E-state index contributed by atoms with van der Waals surface area (Å²) >= 11 is 7.68. The van der Waals surface area contributed by atoms with Gasteiger partial charge in [0.2, 0.25) is 0 Å². The van der Waals surface area contributed by atoms with Crippen molar-refractivity contribution in [1.29, 1.82) is 0 Å². The lowest BCUT2D eigenvalue weighted by Gasteiger charge is -2.08. The molecule has 0 saturated heterocycles. The van der Waals surface area contributed by atoms with Crippen LogP contribution in [0.3, 0.4) is 0 Å². The van der Waals surface area contributed by atoms with Crippen LogP contribution in [0.4, 0.5) is 0 Å². The Hall–Kier alpha value is -0.380. The Morgan fingerprint density at radius 2 is 2.27 bits per heavy atom. The maximum atomic E-state index is 8.65. The van der Waals surface area contributed by atoms with Crippen molar-refractivity contribution >= 4 is 23.4 Å². The van der Waals surface area contributed by atoms with E-state index in [1.165, 1.54) is 0 Å². The van der Waals surface area contributed by atoms with E-state index >= 15 is 0 Å². The molecule has 0 aliphatic rings. The zero-order valence-electron chi connectivity index (χ0n) is 8.70. The van der Waals surface area contributed by atoms with Crippen LogP contribution >= 0.6 is 23.4 Å². The van der Waals surface area contributed by atoms with Gasteiger partial charge in [-0.1, -0.05) is 11.6 Å². The summed E-state index contributed by atoms with van der Waals surface area (Å²) in [4.78, 5) is 0. The van der Waals surface area contributed by atoms with Gasteiger partial charge in [0.1, 0.15) is 5.75 Å². The number of benzene rings is 1. The lowest BCUT2D eigenvalue weighted by atomic mass is 10.2. The van der Waals surface area contributed by atoms with Gasteiger partial charge < -0.3 is 9.84 Å². The van der Waals surface area contributed by atoms with Crippen LogP contribution in [0.2, 0.25) is 5.02 Å². The summed E-state index contributed by atoms with van der Waals surface area (Å²) < 4.78 is 5.24. The second-order valence-corrected chi connectivity index (χ2v) is 4.63. The molecule has 0 saturated carbocycles. The smallest absolute Gasteiger partial charge is 0.122 e. The molecule has 0 heterocycles. The second kappa shape index (κ2) is 6.99. The summed E-state index contributed by atoms with van der Waals surface area (Å²) in [7, 11) is 1.66. The van der Waals surface area contributed by atoms with E-state index in [0.717, 1.165) is 34.3 Å². The predicted octanol–water partition coefficient (Wildman–Crippen LogP) is 2.96. The zero-order valence-corrected chi connectivity index (χ0v) is 10.3. The van der Waals surface area contributed by atoms with Crippen molar-refractivity contribution in [2.45, 2.75) is 12.2 Å². The molecule has 0 spiro atoms. The molecule has 0 aromatic heterocycles. The van der Waals surface area contributed by atoms with Crippen molar-refractivity contribution in [2.24, 2.45) is 0 Å². The average Bonchev–Trinajstić information content (AvgIpc) is 2.25. The van der Waals surface area contributed by atoms with Crippen LogP contribution in [0.15, 0.2) is 18.2 Å². The predicted molar refractivity (Wildman–Crippen MR) is 65.9 cm³/mol. The Bertz CT molecular complexity index is 305. The van der Waals surface area contributed by atoms with E-state index in [1.807, 2.05) is 18.2 Å². The first-order valence-electron chi connectivity index (χ1n) is 4.79. The van der Waals surface area contributed by atoms with Crippen LogP contribution < -0.4 is 4.74 Å². The van der Waals surface area contributed by atoms with Crippen LogP contribution in [0.1, 0.15) is 12.0 Å². The molecule has 1 N–H and O–H groups in total. The monoisotopic (exact) mass is 246 g/mol. The van der Waals surface area contributed by atoms with Gasteiger partial charge in [0.15, 0.2) is 0 Å². The van der Waals surface area contributed by atoms with E-state index in [-0.39, 0.29) is 6.61 Å². The summed E-state index contributed by atoms with van der Waals surface area (Å²) in [5, 5.41) is 9.38. The molecule has 0 bridgehead atoms. The number of aliphatic hydroxyl groups is 1. The Balaban J connectivity index is 2.54. The van der Waals surface area contributed by atoms with Gasteiger partial charge in [0, 0.05) is 22.9 Å². The molecule has 1 aromatic carbocycles. The number of hydrogen-bond acceptors (Lipinski definition) is 3. The van der Waals surface area contributed by atoms with E-state index in [0.29, 0.717) is 0 Å². The van der Waals surface area contributed by atoms with E-state index in [2.05, 4.69) is 0 Å². The molecule has 0 atom stereocenters. The van der Waals surface area contributed by atoms with E-state index in [1.54, 1.807) is 18.9 Å². The van der Waals surface area contributed by atoms with Gasteiger partial charge in [0.05, 0.1) is 7.11 Å². The third-order valence-corrected chi connectivity index (χ3v) is 3.27. The summed E-state index contributed by atoms with van der Waals surface area (Å²) in [5.74, 6) is 2.69. The number of aliphatic hydroxyl groups excluding tert-OH is 1. The summed E-state index contributed by atoms with van der Waals surface area (Å²) in [6, 6.07) is 5.62. The normalized spacial score (nSPS) is 10.3. The first-order valence-corrected chi connectivity index (χ1v) is 6.32. The Kier molecular flexibility index (Phi) is 5.91. The molecule has 0 unspecified atom stereocenters. The van der Waals surface area contributed by atoms with E-state index < -0.39 is 0 Å². The zero-order chi connectivity index (χ0) is 11.1. The lowest BCUT2D eigenvalue weighted by Crippen LogP contribution is -1.92. The number of thioether (sulfide) groups is 1. The van der Waals surface area contributed by atoms with E-state index in [4.69, 9.17) is 21.4 Å². The highest BCUT2D eigenvalue weighted by Crippen LogP contribution is 2.26. The molecular formula is C11H15ClO2S. The number of hydrogen-bond donors (Lipinski definition) is 1. The fourth-order valence-electron chi connectivity index (χ4n) is 1.21. The third-order valence-electron chi connectivity index (χ3n) is 1.95. The molecule has 0 amide bonds. The highest BCUT2D eigenvalue weighted by atomic mass is 35.5. The Labute approximate surface area is 99.6 Å². The molecule has 15 heavy (non-hydrogen) atoms. The Morgan fingerprint density at radius 1 is 1.47 bits per heavy atom. The molecule has 0 radical (unpaired) electrons. The molecule has 2 nitrogen and oxygen atoms in total. The minimum atomic E-state index is 0.250. The SMILES string of the molecule is COc1ccc(Cl)cc1CSCCCO. The van der Waals surface area contributed by atoms with Crippen molar-refractivity contribution in [1.82, 2.24) is 0 Å². The molecule has 4 heteroatoms. The maximum absolute atomic E-state index is 8.65. The van der Waals surface area contributed by atoms with Crippen LogP contribution in [0.5, 0.6) is 5.75 Å². The molecule has 1 rings (SSSR count). The largest absolute Gasteiger partial charge is 0.496 e. The fraction of sp³-hybridized carbons (Fsp3) is 0.455. The van der Waals surface area contributed by atoms with Crippen molar-refractivity contribution < 1.29 is 9.84 Å². The molecule has 84 valence electrons. The highest BCUT2D eigenvalue weighted by molar-refractivity contribution is 7.98. The molecule has 1 aromatic rings. The van der Waals surface area contributed by atoms with Crippen molar-refractivity contribution in [2.75, 3.05) is 19.5 Å². The number of halogens is 1. The van der Waals surface area contributed by atoms with Gasteiger partial charge in [0.25, 0.3) is 0 Å².